The van der Waals surface area contributed by atoms with Crippen molar-refractivity contribution in [2.45, 2.75) is 18.9 Å². The molecule has 4 nitrogen and oxygen atoms in total. The number of thiophene rings is 1. The molecule has 0 bridgehead atoms. The van der Waals surface area contributed by atoms with Crippen LogP contribution < -0.4 is 5.73 Å². The van der Waals surface area contributed by atoms with Gasteiger partial charge in [-0.25, -0.2) is 0 Å². The molecule has 1 aromatic heterocycles. The van der Waals surface area contributed by atoms with Crippen molar-refractivity contribution in [2.24, 2.45) is 11.7 Å². The van der Waals surface area contributed by atoms with Crippen molar-refractivity contribution in [1.29, 1.82) is 0 Å². The lowest BCUT2D eigenvalue weighted by molar-refractivity contribution is 0.0266. The standard InChI is InChI=1S/C14H18N2O2S/c1-16(9-10-7-12(17)8-10)14(18)13-11(3-2-5-15)4-6-19-13/h4,6,10,12,17H,5,7-9,15H2,1H3. The van der Waals surface area contributed by atoms with Crippen molar-refractivity contribution >= 4 is 17.2 Å². The van der Waals surface area contributed by atoms with Gasteiger partial charge in [0, 0.05) is 19.2 Å². The normalized spacial score (nSPS) is 21.2. The summed E-state index contributed by atoms with van der Waals surface area (Å²) >= 11 is 1.41. The monoisotopic (exact) mass is 278 g/mol. The predicted octanol–water partition coefficient (Wildman–Crippen LogP) is 0.901. The molecule has 1 saturated carbocycles. The molecular formula is C14H18N2O2S. The first-order valence-electron chi connectivity index (χ1n) is 6.31. The largest absolute Gasteiger partial charge is 0.393 e. The third kappa shape index (κ3) is 3.35. The Morgan fingerprint density at radius 1 is 1.63 bits per heavy atom. The lowest BCUT2D eigenvalue weighted by Crippen LogP contribution is -2.39. The Morgan fingerprint density at radius 3 is 3.00 bits per heavy atom. The van der Waals surface area contributed by atoms with E-state index in [4.69, 9.17) is 5.73 Å². The van der Waals surface area contributed by atoms with E-state index in [1.54, 1.807) is 11.9 Å². The molecule has 3 N–H and O–H groups in total. The molecule has 0 spiro atoms. The molecular weight excluding hydrogens is 260 g/mol. The van der Waals surface area contributed by atoms with Crippen LogP contribution in [0.4, 0.5) is 0 Å². The van der Waals surface area contributed by atoms with Crippen LogP contribution in [0.3, 0.4) is 0 Å². The summed E-state index contributed by atoms with van der Waals surface area (Å²) in [5.74, 6) is 6.12. The number of hydrogen-bond acceptors (Lipinski definition) is 4. The number of aliphatic hydroxyl groups excluding tert-OH is 1. The highest BCUT2D eigenvalue weighted by atomic mass is 32.1. The SMILES string of the molecule is CN(CC1CC(O)C1)C(=O)c1sccc1C#CCN. The quantitative estimate of drug-likeness (QED) is 0.807. The minimum absolute atomic E-state index is 0.00212. The average Bonchev–Trinajstić information content (AvgIpc) is 2.81. The Kier molecular flexibility index (Phi) is 4.59. The number of carbonyl (C=O) groups excluding carboxylic acids is 1. The van der Waals surface area contributed by atoms with Crippen molar-refractivity contribution < 1.29 is 9.90 Å². The minimum atomic E-state index is -0.179. The molecule has 102 valence electrons. The molecule has 0 radical (unpaired) electrons. The number of aliphatic hydroxyl groups is 1. The zero-order valence-electron chi connectivity index (χ0n) is 10.9. The second-order valence-electron chi connectivity index (χ2n) is 4.85. The topological polar surface area (TPSA) is 66.6 Å². The van der Waals surface area contributed by atoms with Gasteiger partial charge in [0.15, 0.2) is 0 Å². The van der Waals surface area contributed by atoms with Gasteiger partial charge in [-0.05, 0) is 30.2 Å². The highest BCUT2D eigenvalue weighted by Crippen LogP contribution is 2.28. The molecule has 1 amide bonds. The molecule has 19 heavy (non-hydrogen) atoms. The summed E-state index contributed by atoms with van der Waals surface area (Å²) in [6, 6.07) is 1.85. The minimum Gasteiger partial charge on any atom is -0.393 e. The Bertz CT molecular complexity index is 509. The lowest BCUT2D eigenvalue weighted by Gasteiger charge is -2.34. The fourth-order valence-electron chi connectivity index (χ4n) is 2.21. The molecule has 0 saturated heterocycles. The Hall–Kier alpha value is -1.35. The second kappa shape index (κ2) is 6.20. The number of nitrogens with two attached hydrogens (primary N) is 1. The first kappa shape index (κ1) is 14.1. The van der Waals surface area contributed by atoms with Gasteiger partial charge in [-0.3, -0.25) is 4.79 Å². The summed E-state index contributed by atoms with van der Waals surface area (Å²) in [7, 11) is 1.80. The highest BCUT2D eigenvalue weighted by Gasteiger charge is 2.29. The number of carbonyl (C=O) groups is 1. The Morgan fingerprint density at radius 2 is 2.37 bits per heavy atom. The summed E-state index contributed by atoms with van der Waals surface area (Å²) < 4.78 is 0. The molecule has 1 aromatic rings. The van der Waals surface area contributed by atoms with E-state index in [1.807, 2.05) is 11.4 Å². The molecule has 1 aliphatic rings. The van der Waals surface area contributed by atoms with E-state index >= 15 is 0 Å². The van der Waals surface area contributed by atoms with Gasteiger partial charge in [0.2, 0.25) is 0 Å². The van der Waals surface area contributed by atoms with Gasteiger partial charge >= 0.3 is 0 Å². The van der Waals surface area contributed by atoms with Crippen LogP contribution in [0.25, 0.3) is 0 Å². The molecule has 2 rings (SSSR count). The van der Waals surface area contributed by atoms with E-state index in [0.29, 0.717) is 23.9 Å². The van der Waals surface area contributed by atoms with Gasteiger partial charge in [-0.15, -0.1) is 11.3 Å². The van der Waals surface area contributed by atoms with Crippen LogP contribution in [0, 0.1) is 17.8 Å². The number of hydrogen-bond donors (Lipinski definition) is 2. The fraction of sp³-hybridized carbons (Fsp3) is 0.500. The zero-order valence-corrected chi connectivity index (χ0v) is 11.7. The average molecular weight is 278 g/mol. The smallest absolute Gasteiger partial charge is 0.264 e. The third-order valence-corrected chi connectivity index (χ3v) is 4.18. The Labute approximate surface area is 117 Å². The van der Waals surface area contributed by atoms with E-state index in [0.717, 1.165) is 18.4 Å². The van der Waals surface area contributed by atoms with Crippen LogP contribution in [0.5, 0.6) is 0 Å². The van der Waals surface area contributed by atoms with E-state index < -0.39 is 0 Å². The number of nitrogens with zero attached hydrogens (tertiary/aromatic N) is 1. The van der Waals surface area contributed by atoms with E-state index in [1.165, 1.54) is 11.3 Å². The fourth-order valence-corrected chi connectivity index (χ4v) is 3.06. The maximum atomic E-state index is 12.3. The van der Waals surface area contributed by atoms with Crippen molar-refractivity contribution in [2.75, 3.05) is 20.1 Å². The van der Waals surface area contributed by atoms with E-state index in [2.05, 4.69) is 11.8 Å². The molecule has 5 heteroatoms. The van der Waals surface area contributed by atoms with Crippen molar-refractivity contribution in [3.8, 4) is 11.8 Å². The van der Waals surface area contributed by atoms with Crippen LogP contribution >= 0.6 is 11.3 Å². The van der Waals surface area contributed by atoms with Gasteiger partial charge in [-0.2, -0.15) is 0 Å². The molecule has 0 atom stereocenters. The summed E-state index contributed by atoms with van der Waals surface area (Å²) in [5, 5.41) is 11.1. The van der Waals surface area contributed by atoms with Crippen molar-refractivity contribution in [1.82, 2.24) is 4.90 Å². The van der Waals surface area contributed by atoms with Gasteiger partial charge in [0.1, 0.15) is 4.88 Å². The van der Waals surface area contributed by atoms with Crippen LogP contribution in [0.2, 0.25) is 0 Å². The van der Waals surface area contributed by atoms with Crippen LogP contribution in [-0.4, -0.2) is 42.2 Å². The first-order chi connectivity index (χ1) is 9.11. The molecule has 0 unspecified atom stereocenters. The van der Waals surface area contributed by atoms with Crippen LogP contribution in [0.15, 0.2) is 11.4 Å². The Balaban J connectivity index is 2.00. The predicted molar refractivity (Wildman–Crippen MR) is 75.9 cm³/mol. The van der Waals surface area contributed by atoms with Gasteiger partial charge in [0.25, 0.3) is 5.91 Å². The molecule has 1 heterocycles. The lowest BCUT2D eigenvalue weighted by atomic mass is 9.82. The number of amides is 1. The molecule has 1 aliphatic carbocycles. The summed E-state index contributed by atoms with van der Waals surface area (Å²) in [6.07, 6.45) is 1.41. The van der Waals surface area contributed by atoms with Crippen molar-refractivity contribution in [3.63, 3.8) is 0 Å². The maximum Gasteiger partial charge on any atom is 0.264 e. The van der Waals surface area contributed by atoms with E-state index in [-0.39, 0.29) is 12.0 Å². The zero-order chi connectivity index (χ0) is 13.8. The summed E-state index contributed by atoms with van der Waals surface area (Å²) in [6.45, 7) is 0.983. The second-order valence-corrected chi connectivity index (χ2v) is 5.76. The van der Waals surface area contributed by atoms with E-state index in [9.17, 15) is 9.90 Å². The third-order valence-electron chi connectivity index (χ3n) is 3.27. The first-order valence-corrected chi connectivity index (χ1v) is 7.19. The number of rotatable bonds is 3. The van der Waals surface area contributed by atoms with Crippen LogP contribution in [-0.2, 0) is 0 Å². The molecule has 0 aliphatic heterocycles. The van der Waals surface area contributed by atoms with Crippen LogP contribution in [0.1, 0.15) is 28.1 Å². The van der Waals surface area contributed by atoms with Crippen molar-refractivity contribution in [3.05, 3.63) is 21.9 Å². The maximum absolute atomic E-state index is 12.3. The van der Waals surface area contributed by atoms with Gasteiger partial charge < -0.3 is 15.7 Å². The molecule has 1 fully saturated rings. The summed E-state index contributed by atoms with van der Waals surface area (Å²) in [4.78, 5) is 14.7. The van der Waals surface area contributed by atoms with Gasteiger partial charge in [-0.1, -0.05) is 11.8 Å². The molecule has 0 aromatic carbocycles. The summed E-state index contributed by atoms with van der Waals surface area (Å²) in [5.41, 5.74) is 6.10. The van der Waals surface area contributed by atoms with Gasteiger partial charge in [0.05, 0.1) is 12.6 Å². The highest BCUT2D eigenvalue weighted by molar-refractivity contribution is 7.12.